The lowest BCUT2D eigenvalue weighted by Gasteiger charge is -2.22. The summed E-state index contributed by atoms with van der Waals surface area (Å²) in [6, 6.07) is 17.5. The lowest BCUT2D eigenvalue weighted by Crippen LogP contribution is -2.04. The van der Waals surface area contributed by atoms with Gasteiger partial charge in [0.2, 0.25) is 0 Å². The third-order valence-corrected chi connectivity index (χ3v) is 5.69. The molecule has 0 aromatic heterocycles. The van der Waals surface area contributed by atoms with Crippen molar-refractivity contribution < 1.29 is 0 Å². The van der Waals surface area contributed by atoms with Crippen molar-refractivity contribution in [3.8, 4) is 0 Å². The topological polar surface area (TPSA) is 0 Å². The fraction of sp³-hybridized carbons (Fsp3) is 0.368. The van der Waals surface area contributed by atoms with Crippen molar-refractivity contribution in [2.24, 2.45) is 0 Å². The molecular formula is C19H20ClI. The zero-order chi connectivity index (χ0) is 14.7. The average molecular weight is 411 g/mol. The molecule has 21 heavy (non-hydrogen) atoms. The fourth-order valence-electron chi connectivity index (χ4n) is 3.20. The number of halogens is 2. The maximum Gasteiger partial charge on any atom is 0.0835 e. The Morgan fingerprint density at radius 2 is 1.33 bits per heavy atom. The fourth-order valence-corrected chi connectivity index (χ4v) is 3.85. The number of benzene rings is 2. The highest BCUT2D eigenvalue weighted by Gasteiger charge is 2.16. The highest BCUT2D eigenvalue weighted by Crippen LogP contribution is 2.34. The number of rotatable bonds is 3. The van der Waals surface area contributed by atoms with Gasteiger partial charge in [-0.15, -0.1) is 11.6 Å². The molecule has 110 valence electrons. The molecule has 0 radical (unpaired) electrons. The van der Waals surface area contributed by atoms with Crippen LogP contribution in [0.1, 0.15) is 60.1 Å². The molecule has 0 bridgehead atoms. The molecule has 0 aliphatic heterocycles. The predicted octanol–water partition coefficient (Wildman–Crippen LogP) is 6.67. The molecule has 1 atom stereocenters. The molecular weight excluding hydrogens is 391 g/mol. The van der Waals surface area contributed by atoms with Crippen molar-refractivity contribution in [3.05, 3.63) is 68.8 Å². The Bertz CT molecular complexity index is 568. The summed E-state index contributed by atoms with van der Waals surface area (Å²) >= 11 is 8.94. The molecule has 1 unspecified atom stereocenters. The molecule has 0 N–H and O–H groups in total. The van der Waals surface area contributed by atoms with Crippen LogP contribution < -0.4 is 0 Å². The molecule has 1 aliphatic rings. The lowest BCUT2D eigenvalue weighted by molar-refractivity contribution is 0.443. The van der Waals surface area contributed by atoms with Crippen LogP contribution in [-0.2, 0) is 0 Å². The minimum absolute atomic E-state index is 0.0533. The zero-order valence-electron chi connectivity index (χ0n) is 12.1. The average Bonchev–Trinajstić information content (AvgIpc) is 2.56. The summed E-state index contributed by atoms with van der Waals surface area (Å²) in [5.41, 5.74) is 3.85. The number of hydrogen-bond acceptors (Lipinski definition) is 0. The summed E-state index contributed by atoms with van der Waals surface area (Å²) in [4.78, 5) is 0. The van der Waals surface area contributed by atoms with E-state index >= 15 is 0 Å². The Morgan fingerprint density at radius 1 is 0.810 bits per heavy atom. The first-order valence-corrected chi connectivity index (χ1v) is 9.25. The standard InChI is InChI=1S/C19H20ClI/c20-19(17-10-12-18(21)13-11-17)16-8-6-15(7-9-16)14-4-2-1-3-5-14/h6-14,19H,1-5H2. The minimum atomic E-state index is -0.0533. The van der Waals surface area contributed by atoms with Crippen LogP contribution >= 0.6 is 34.2 Å². The third kappa shape index (κ3) is 3.81. The molecule has 2 aromatic rings. The van der Waals surface area contributed by atoms with Gasteiger partial charge in [0, 0.05) is 3.57 Å². The molecule has 1 fully saturated rings. The highest BCUT2D eigenvalue weighted by molar-refractivity contribution is 14.1. The molecule has 0 spiro atoms. The van der Waals surface area contributed by atoms with Gasteiger partial charge in [0.15, 0.2) is 0 Å². The van der Waals surface area contributed by atoms with Gasteiger partial charge in [-0.05, 0) is 70.2 Å². The van der Waals surface area contributed by atoms with E-state index in [2.05, 4.69) is 71.1 Å². The van der Waals surface area contributed by atoms with Gasteiger partial charge in [-0.3, -0.25) is 0 Å². The highest BCUT2D eigenvalue weighted by atomic mass is 127. The van der Waals surface area contributed by atoms with Crippen molar-refractivity contribution >= 4 is 34.2 Å². The zero-order valence-corrected chi connectivity index (χ0v) is 15.0. The van der Waals surface area contributed by atoms with Crippen LogP contribution in [-0.4, -0.2) is 0 Å². The molecule has 3 rings (SSSR count). The number of hydrogen-bond donors (Lipinski definition) is 0. The summed E-state index contributed by atoms with van der Waals surface area (Å²) in [7, 11) is 0. The normalized spacial score (nSPS) is 17.6. The van der Waals surface area contributed by atoms with Crippen molar-refractivity contribution in [3.63, 3.8) is 0 Å². The first kappa shape index (κ1) is 15.4. The second-order valence-electron chi connectivity index (χ2n) is 5.92. The van der Waals surface area contributed by atoms with Crippen LogP contribution in [0.4, 0.5) is 0 Å². The van der Waals surface area contributed by atoms with Gasteiger partial charge in [0.1, 0.15) is 0 Å². The predicted molar refractivity (Wildman–Crippen MR) is 99.1 cm³/mol. The Kier molecular flexibility index (Phi) is 5.23. The van der Waals surface area contributed by atoms with E-state index < -0.39 is 0 Å². The molecule has 0 amide bonds. The summed E-state index contributed by atoms with van der Waals surface area (Å²) < 4.78 is 1.24. The first-order valence-electron chi connectivity index (χ1n) is 7.73. The van der Waals surface area contributed by atoms with Gasteiger partial charge in [-0.1, -0.05) is 55.7 Å². The Hall–Kier alpha value is -0.540. The van der Waals surface area contributed by atoms with Gasteiger partial charge in [0.25, 0.3) is 0 Å². The van der Waals surface area contributed by atoms with Crippen molar-refractivity contribution in [2.75, 3.05) is 0 Å². The van der Waals surface area contributed by atoms with Crippen LogP contribution in [0.25, 0.3) is 0 Å². The summed E-state index contributed by atoms with van der Waals surface area (Å²) in [5.74, 6) is 0.764. The summed E-state index contributed by atoms with van der Waals surface area (Å²) in [6.45, 7) is 0. The van der Waals surface area contributed by atoms with E-state index in [9.17, 15) is 0 Å². The van der Waals surface area contributed by atoms with E-state index in [1.165, 1.54) is 52.4 Å². The van der Waals surface area contributed by atoms with Crippen molar-refractivity contribution in [1.29, 1.82) is 0 Å². The van der Waals surface area contributed by atoms with E-state index in [0.29, 0.717) is 0 Å². The molecule has 0 saturated heterocycles. The van der Waals surface area contributed by atoms with E-state index in [4.69, 9.17) is 11.6 Å². The van der Waals surface area contributed by atoms with Gasteiger partial charge in [-0.25, -0.2) is 0 Å². The van der Waals surface area contributed by atoms with Crippen LogP contribution in [0.5, 0.6) is 0 Å². The van der Waals surface area contributed by atoms with Crippen molar-refractivity contribution in [1.82, 2.24) is 0 Å². The van der Waals surface area contributed by atoms with Crippen LogP contribution in [0, 0.1) is 3.57 Å². The van der Waals surface area contributed by atoms with Crippen LogP contribution in [0.3, 0.4) is 0 Å². The smallest absolute Gasteiger partial charge is 0.0835 e. The first-order chi connectivity index (χ1) is 10.2. The maximum absolute atomic E-state index is 6.62. The maximum atomic E-state index is 6.62. The Balaban J connectivity index is 1.75. The van der Waals surface area contributed by atoms with Crippen LogP contribution in [0.15, 0.2) is 48.5 Å². The number of alkyl halides is 1. The lowest BCUT2D eigenvalue weighted by atomic mass is 9.84. The molecule has 0 nitrogen and oxygen atoms in total. The third-order valence-electron chi connectivity index (χ3n) is 4.47. The second-order valence-corrected chi connectivity index (χ2v) is 7.60. The Morgan fingerprint density at radius 3 is 1.90 bits per heavy atom. The molecule has 1 saturated carbocycles. The van der Waals surface area contributed by atoms with Gasteiger partial charge >= 0.3 is 0 Å². The van der Waals surface area contributed by atoms with E-state index in [-0.39, 0.29) is 5.38 Å². The SMILES string of the molecule is ClC(c1ccc(I)cc1)c1ccc(C2CCCCC2)cc1. The summed E-state index contributed by atoms with van der Waals surface area (Å²) in [5, 5.41) is -0.0533. The van der Waals surface area contributed by atoms with Gasteiger partial charge in [-0.2, -0.15) is 0 Å². The monoisotopic (exact) mass is 410 g/mol. The van der Waals surface area contributed by atoms with Crippen molar-refractivity contribution in [2.45, 2.75) is 43.4 Å². The molecule has 1 aliphatic carbocycles. The van der Waals surface area contributed by atoms with Crippen LogP contribution in [0.2, 0.25) is 0 Å². The summed E-state index contributed by atoms with van der Waals surface area (Å²) in [6.07, 6.45) is 6.87. The molecule has 2 heteroatoms. The minimum Gasteiger partial charge on any atom is -0.113 e. The van der Waals surface area contributed by atoms with Gasteiger partial charge in [0.05, 0.1) is 5.38 Å². The second kappa shape index (κ2) is 7.15. The van der Waals surface area contributed by atoms with Gasteiger partial charge < -0.3 is 0 Å². The largest absolute Gasteiger partial charge is 0.113 e. The van der Waals surface area contributed by atoms with E-state index in [0.717, 1.165) is 5.92 Å². The Labute approximate surface area is 146 Å². The quantitative estimate of drug-likeness (QED) is 0.392. The molecule has 2 aromatic carbocycles. The molecule has 0 heterocycles. The van der Waals surface area contributed by atoms with E-state index in [1.54, 1.807) is 0 Å². The van der Waals surface area contributed by atoms with E-state index in [1.807, 2.05) is 0 Å².